The lowest BCUT2D eigenvalue weighted by Crippen LogP contribution is -2.23. The zero-order chi connectivity index (χ0) is 12.1. The maximum atomic E-state index is 9.87. The summed E-state index contributed by atoms with van der Waals surface area (Å²) in [5.41, 5.74) is 6.62. The minimum Gasteiger partial charge on any atom is -0.399 e. The Hall–Kier alpha value is -0.810. The summed E-state index contributed by atoms with van der Waals surface area (Å²) < 4.78 is 0. The van der Waals surface area contributed by atoms with Crippen LogP contribution in [0.1, 0.15) is 18.1 Å². The molecule has 0 aliphatic rings. The Bertz CT molecular complexity index is 327. The van der Waals surface area contributed by atoms with Crippen molar-refractivity contribution >= 4 is 17.3 Å². The molecule has 2 atom stereocenters. The van der Waals surface area contributed by atoms with Crippen LogP contribution in [0.5, 0.6) is 0 Å². The summed E-state index contributed by atoms with van der Waals surface area (Å²) in [5, 5.41) is 22.9. The smallest absolute Gasteiger partial charge is 0.105 e. The van der Waals surface area contributed by atoms with Gasteiger partial charge >= 0.3 is 0 Å². The van der Waals surface area contributed by atoms with Crippen molar-refractivity contribution in [3.63, 3.8) is 0 Å². The van der Waals surface area contributed by atoms with Gasteiger partial charge in [-0.2, -0.15) is 0 Å². The Morgan fingerprint density at radius 2 is 2.06 bits per heavy atom. The molecule has 5 heteroatoms. The number of nitrogens with two attached hydrogens (primary N) is 1. The van der Waals surface area contributed by atoms with E-state index in [2.05, 4.69) is 5.32 Å². The lowest BCUT2D eigenvalue weighted by molar-refractivity contribution is 0.0141. The van der Waals surface area contributed by atoms with E-state index >= 15 is 0 Å². The van der Waals surface area contributed by atoms with Crippen LogP contribution in [0.4, 0.5) is 5.69 Å². The Balaban J connectivity index is 2.74. The van der Waals surface area contributed by atoms with Gasteiger partial charge in [0.1, 0.15) is 6.10 Å². The lowest BCUT2D eigenvalue weighted by Gasteiger charge is -2.18. The van der Waals surface area contributed by atoms with E-state index in [9.17, 15) is 10.2 Å². The fourth-order valence-corrected chi connectivity index (χ4v) is 1.73. The molecule has 0 saturated heterocycles. The normalized spacial score (nSPS) is 14.8. The maximum Gasteiger partial charge on any atom is 0.105 e. The maximum absolute atomic E-state index is 9.87. The fourth-order valence-electron chi connectivity index (χ4n) is 1.48. The molecule has 1 rings (SSSR count). The number of hydrogen-bond acceptors (Lipinski definition) is 4. The molecule has 0 fully saturated rings. The van der Waals surface area contributed by atoms with Gasteiger partial charge in [-0.05, 0) is 43.8 Å². The molecular formula is C11H17ClN2O2. The van der Waals surface area contributed by atoms with E-state index < -0.39 is 12.2 Å². The third kappa shape index (κ3) is 3.64. The van der Waals surface area contributed by atoms with E-state index in [1.807, 2.05) is 0 Å². The molecule has 0 saturated carbocycles. The van der Waals surface area contributed by atoms with Gasteiger partial charge in [0, 0.05) is 10.7 Å². The van der Waals surface area contributed by atoms with E-state index in [1.165, 1.54) is 0 Å². The summed E-state index contributed by atoms with van der Waals surface area (Å²) in [6.07, 6.45) is -1.33. The van der Waals surface area contributed by atoms with Gasteiger partial charge in [0.05, 0.1) is 6.10 Å². The van der Waals surface area contributed by atoms with E-state index in [4.69, 9.17) is 17.3 Å². The Morgan fingerprint density at radius 1 is 1.38 bits per heavy atom. The van der Waals surface area contributed by atoms with Gasteiger partial charge in [-0.3, -0.25) is 0 Å². The van der Waals surface area contributed by atoms with Crippen LogP contribution in [0.15, 0.2) is 18.2 Å². The van der Waals surface area contributed by atoms with Crippen molar-refractivity contribution in [1.29, 1.82) is 0 Å². The zero-order valence-corrected chi connectivity index (χ0v) is 9.91. The molecule has 1 aromatic carbocycles. The summed E-state index contributed by atoms with van der Waals surface area (Å²) >= 11 is 5.82. The van der Waals surface area contributed by atoms with Crippen LogP contribution in [0.25, 0.3) is 0 Å². The molecule has 0 amide bonds. The van der Waals surface area contributed by atoms with Crippen LogP contribution < -0.4 is 11.1 Å². The Labute approximate surface area is 100 Å². The highest BCUT2D eigenvalue weighted by Crippen LogP contribution is 2.24. The monoisotopic (exact) mass is 244 g/mol. The van der Waals surface area contributed by atoms with Gasteiger partial charge < -0.3 is 21.3 Å². The van der Waals surface area contributed by atoms with Gasteiger partial charge in [-0.1, -0.05) is 11.6 Å². The van der Waals surface area contributed by atoms with Crippen LogP contribution in [-0.4, -0.2) is 29.9 Å². The number of hydrogen-bond donors (Lipinski definition) is 4. The minimum atomic E-state index is -0.964. The number of benzene rings is 1. The Morgan fingerprint density at radius 3 is 2.62 bits per heavy atom. The lowest BCUT2D eigenvalue weighted by atomic mass is 10.0. The van der Waals surface area contributed by atoms with E-state index in [0.717, 1.165) is 0 Å². The highest BCUT2D eigenvalue weighted by molar-refractivity contribution is 6.30. The van der Waals surface area contributed by atoms with Crippen molar-refractivity contribution < 1.29 is 10.2 Å². The quantitative estimate of drug-likeness (QED) is 0.581. The molecule has 4 nitrogen and oxygen atoms in total. The first kappa shape index (κ1) is 13.3. The van der Waals surface area contributed by atoms with Gasteiger partial charge in [0.25, 0.3) is 0 Å². The minimum absolute atomic E-state index is 0.454. The average molecular weight is 245 g/mol. The van der Waals surface area contributed by atoms with Gasteiger partial charge in [0.15, 0.2) is 0 Å². The second-order valence-electron chi connectivity index (χ2n) is 3.72. The predicted molar refractivity (Wildman–Crippen MR) is 65.4 cm³/mol. The third-order valence-electron chi connectivity index (χ3n) is 2.34. The van der Waals surface area contributed by atoms with Gasteiger partial charge in [-0.15, -0.1) is 0 Å². The first-order chi connectivity index (χ1) is 7.54. The van der Waals surface area contributed by atoms with Crippen molar-refractivity contribution in [3.05, 3.63) is 28.8 Å². The van der Waals surface area contributed by atoms with Crippen LogP contribution in [-0.2, 0) is 0 Å². The molecule has 0 aromatic heterocycles. The number of aliphatic hydroxyl groups excluding tert-OH is 2. The topological polar surface area (TPSA) is 78.5 Å². The second-order valence-corrected chi connectivity index (χ2v) is 4.16. The van der Waals surface area contributed by atoms with Crippen molar-refractivity contribution in [3.8, 4) is 0 Å². The van der Waals surface area contributed by atoms with Crippen LogP contribution in [0.2, 0.25) is 5.02 Å². The Kier molecular flexibility index (Phi) is 5.02. The average Bonchev–Trinajstić information content (AvgIpc) is 2.23. The summed E-state index contributed by atoms with van der Waals surface area (Å²) in [6, 6.07) is 4.81. The predicted octanol–water partition coefficient (Wildman–Crippen LogP) is 0.926. The molecule has 0 spiro atoms. The molecule has 16 heavy (non-hydrogen) atoms. The first-order valence-corrected chi connectivity index (χ1v) is 5.49. The second kappa shape index (κ2) is 6.06. The number of rotatable bonds is 5. The van der Waals surface area contributed by atoms with Crippen molar-refractivity contribution in [2.45, 2.75) is 18.6 Å². The summed E-state index contributed by atoms with van der Waals surface area (Å²) in [7, 11) is 1.79. The molecule has 0 heterocycles. The van der Waals surface area contributed by atoms with Crippen molar-refractivity contribution in [1.82, 2.24) is 5.32 Å². The van der Waals surface area contributed by atoms with E-state index in [0.29, 0.717) is 29.2 Å². The molecule has 0 bridgehead atoms. The number of anilines is 1. The molecule has 90 valence electrons. The number of aliphatic hydroxyl groups is 2. The number of nitrogen functional groups attached to an aromatic ring is 1. The fraction of sp³-hybridized carbons (Fsp3) is 0.455. The molecule has 5 N–H and O–H groups in total. The first-order valence-electron chi connectivity index (χ1n) is 5.11. The summed E-state index contributed by atoms with van der Waals surface area (Å²) in [4.78, 5) is 0. The van der Waals surface area contributed by atoms with Crippen LogP contribution >= 0.6 is 11.6 Å². The summed E-state index contributed by atoms with van der Waals surface area (Å²) in [6.45, 7) is 0.633. The van der Waals surface area contributed by atoms with E-state index in [1.54, 1.807) is 25.2 Å². The van der Waals surface area contributed by atoms with Gasteiger partial charge in [0.2, 0.25) is 0 Å². The molecular weight excluding hydrogens is 228 g/mol. The van der Waals surface area contributed by atoms with E-state index in [-0.39, 0.29) is 0 Å². The van der Waals surface area contributed by atoms with Crippen LogP contribution in [0.3, 0.4) is 0 Å². The highest BCUT2D eigenvalue weighted by atomic mass is 35.5. The SMILES string of the molecule is CNCCC(O)C(O)c1cc(N)cc(Cl)c1. The summed E-state index contributed by atoms with van der Waals surface area (Å²) in [5.74, 6) is 0. The molecule has 0 radical (unpaired) electrons. The highest BCUT2D eigenvalue weighted by Gasteiger charge is 2.18. The third-order valence-corrected chi connectivity index (χ3v) is 2.56. The number of halogens is 1. The molecule has 1 aromatic rings. The molecule has 0 aliphatic heterocycles. The van der Waals surface area contributed by atoms with Crippen molar-refractivity contribution in [2.24, 2.45) is 0 Å². The largest absolute Gasteiger partial charge is 0.399 e. The van der Waals surface area contributed by atoms with Crippen molar-refractivity contribution in [2.75, 3.05) is 19.3 Å². The number of nitrogens with one attached hydrogen (secondary N) is 1. The zero-order valence-electron chi connectivity index (χ0n) is 9.15. The standard InChI is InChI=1S/C11H17ClN2O2/c1-14-3-2-10(15)11(16)7-4-8(12)6-9(13)5-7/h4-6,10-11,14-16H,2-3,13H2,1H3. The molecule has 0 aliphatic carbocycles. The molecule has 2 unspecified atom stereocenters. The van der Waals surface area contributed by atoms with Gasteiger partial charge in [-0.25, -0.2) is 0 Å². The van der Waals surface area contributed by atoms with Crippen LogP contribution in [0, 0.1) is 0 Å².